The number of amides is 1. The molecule has 2 N–H and O–H groups in total. The van der Waals surface area contributed by atoms with E-state index < -0.39 is 0 Å². The molecular weight excluding hydrogens is 295 g/mol. The molecule has 0 fully saturated rings. The molecule has 0 saturated carbocycles. The van der Waals surface area contributed by atoms with Crippen molar-refractivity contribution in [3.05, 3.63) is 59.9 Å². The first-order chi connectivity index (χ1) is 11.1. The van der Waals surface area contributed by atoms with E-state index in [4.69, 9.17) is 0 Å². The van der Waals surface area contributed by atoms with Crippen LogP contribution in [-0.2, 0) is 6.42 Å². The molecular formula is C17H15FN4O. The van der Waals surface area contributed by atoms with Crippen LogP contribution < -0.4 is 5.32 Å². The zero-order valence-corrected chi connectivity index (χ0v) is 12.5. The van der Waals surface area contributed by atoms with Gasteiger partial charge in [0.05, 0.1) is 11.1 Å². The number of benzene rings is 1. The maximum absolute atomic E-state index is 13.0. The minimum absolute atomic E-state index is 0.238. The van der Waals surface area contributed by atoms with Gasteiger partial charge < -0.3 is 14.9 Å². The molecule has 0 radical (unpaired) electrons. The normalized spacial score (nSPS) is 15.8. The number of aromatic amines is 1. The highest BCUT2D eigenvalue weighted by atomic mass is 19.1. The van der Waals surface area contributed by atoms with Crippen LogP contribution in [0.5, 0.6) is 0 Å². The molecule has 3 aromatic rings. The average molecular weight is 310 g/mol. The number of carbonyl (C=O) groups is 1. The average Bonchev–Trinajstić information content (AvgIpc) is 3.15. The van der Waals surface area contributed by atoms with Gasteiger partial charge in [-0.2, -0.15) is 0 Å². The smallest absolute Gasteiger partial charge is 0.257 e. The first-order valence-corrected chi connectivity index (χ1v) is 7.44. The molecule has 23 heavy (non-hydrogen) atoms. The van der Waals surface area contributed by atoms with Gasteiger partial charge in [-0.15, -0.1) is 0 Å². The predicted octanol–water partition coefficient (Wildman–Crippen LogP) is 3.39. The fourth-order valence-corrected chi connectivity index (χ4v) is 3.05. The third-order valence-electron chi connectivity index (χ3n) is 4.18. The molecule has 0 bridgehead atoms. The van der Waals surface area contributed by atoms with Gasteiger partial charge in [0.15, 0.2) is 0 Å². The summed E-state index contributed by atoms with van der Waals surface area (Å²) < 4.78 is 15.0. The number of H-pyrrole nitrogens is 1. The Hall–Kier alpha value is -2.89. The summed E-state index contributed by atoms with van der Waals surface area (Å²) in [6.07, 6.45) is 6.20. The molecule has 1 aliphatic rings. The number of rotatable bonds is 2. The van der Waals surface area contributed by atoms with Gasteiger partial charge in [0.25, 0.3) is 5.91 Å². The van der Waals surface area contributed by atoms with Crippen molar-refractivity contribution in [2.45, 2.75) is 19.4 Å². The lowest BCUT2D eigenvalue weighted by Crippen LogP contribution is -2.18. The van der Waals surface area contributed by atoms with E-state index in [2.05, 4.69) is 26.8 Å². The molecule has 116 valence electrons. The van der Waals surface area contributed by atoms with Crippen LogP contribution in [0, 0.1) is 5.82 Å². The second-order valence-corrected chi connectivity index (χ2v) is 5.73. The SMILES string of the molecule is CC1Cc2[nH]cc(C(=O)Nc3ccc(F)cc3)c2-c2nccn21. The lowest BCUT2D eigenvalue weighted by molar-refractivity contribution is 0.102. The van der Waals surface area contributed by atoms with Gasteiger partial charge in [0.2, 0.25) is 0 Å². The Balaban J connectivity index is 1.70. The minimum Gasteiger partial charge on any atom is -0.364 e. The molecule has 1 unspecified atom stereocenters. The quantitative estimate of drug-likeness (QED) is 0.762. The number of hydrogen-bond donors (Lipinski definition) is 2. The molecule has 1 aliphatic heterocycles. The number of nitrogens with zero attached hydrogens (tertiary/aromatic N) is 2. The standard InChI is InChI=1S/C17H15FN4O/c1-10-8-14-15(16-19-6-7-22(10)16)13(9-20-14)17(23)21-12-4-2-11(18)3-5-12/h2-7,9-10,20H,8H2,1H3,(H,21,23). The summed E-state index contributed by atoms with van der Waals surface area (Å²) in [7, 11) is 0. The Morgan fingerprint density at radius 2 is 2.17 bits per heavy atom. The number of anilines is 1. The first kappa shape index (κ1) is 13.8. The second kappa shape index (κ2) is 5.08. The van der Waals surface area contributed by atoms with Gasteiger partial charge in [0, 0.05) is 42.4 Å². The summed E-state index contributed by atoms with van der Waals surface area (Å²) in [6, 6.07) is 6.00. The summed E-state index contributed by atoms with van der Waals surface area (Å²) in [5.41, 5.74) is 2.95. The van der Waals surface area contributed by atoms with Crippen LogP contribution in [0.25, 0.3) is 11.4 Å². The van der Waals surface area contributed by atoms with Gasteiger partial charge >= 0.3 is 0 Å². The lowest BCUT2D eigenvalue weighted by Gasteiger charge is -2.22. The fourth-order valence-electron chi connectivity index (χ4n) is 3.05. The van der Waals surface area contributed by atoms with Crippen molar-refractivity contribution in [2.75, 3.05) is 5.32 Å². The molecule has 0 spiro atoms. The largest absolute Gasteiger partial charge is 0.364 e. The third-order valence-corrected chi connectivity index (χ3v) is 4.18. The zero-order chi connectivity index (χ0) is 16.0. The maximum atomic E-state index is 13.0. The van der Waals surface area contributed by atoms with Crippen LogP contribution in [-0.4, -0.2) is 20.4 Å². The number of carbonyl (C=O) groups excluding carboxylic acids is 1. The highest BCUT2D eigenvalue weighted by Crippen LogP contribution is 2.35. The Labute approximate surface area is 132 Å². The highest BCUT2D eigenvalue weighted by Gasteiger charge is 2.28. The minimum atomic E-state index is -0.335. The molecule has 2 aromatic heterocycles. The summed E-state index contributed by atoms with van der Waals surface area (Å²) in [4.78, 5) is 20.2. The van der Waals surface area contributed by atoms with Gasteiger partial charge in [-0.05, 0) is 31.2 Å². The number of aromatic nitrogens is 3. The van der Waals surface area contributed by atoms with Crippen molar-refractivity contribution in [3.63, 3.8) is 0 Å². The van der Waals surface area contributed by atoms with Crippen LogP contribution in [0.4, 0.5) is 10.1 Å². The molecule has 1 amide bonds. The molecule has 4 rings (SSSR count). The van der Waals surface area contributed by atoms with Crippen molar-refractivity contribution in [3.8, 4) is 11.4 Å². The molecule has 0 aliphatic carbocycles. The number of fused-ring (bicyclic) bond motifs is 3. The van der Waals surface area contributed by atoms with Crippen molar-refractivity contribution < 1.29 is 9.18 Å². The maximum Gasteiger partial charge on any atom is 0.257 e. The van der Waals surface area contributed by atoms with Crippen LogP contribution in [0.1, 0.15) is 29.0 Å². The highest BCUT2D eigenvalue weighted by molar-refractivity contribution is 6.08. The van der Waals surface area contributed by atoms with E-state index in [0.29, 0.717) is 17.3 Å². The van der Waals surface area contributed by atoms with Crippen molar-refractivity contribution >= 4 is 11.6 Å². The van der Waals surface area contributed by atoms with E-state index in [1.54, 1.807) is 12.4 Å². The lowest BCUT2D eigenvalue weighted by atomic mass is 10.0. The number of hydrogen-bond acceptors (Lipinski definition) is 2. The van der Waals surface area contributed by atoms with Crippen molar-refractivity contribution in [2.24, 2.45) is 0 Å². The number of halogens is 1. The van der Waals surface area contributed by atoms with Crippen molar-refractivity contribution in [1.29, 1.82) is 0 Å². The van der Waals surface area contributed by atoms with Crippen molar-refractivity contribution in [1.82, 2.24) is 14.5 Å². The molecule has 0 saturated heterocycles. The second-order valence-electron chi connectivity index (χ2n) is 5.73. The summed E-state index contributed by atoms with van der Waals surface area (Å²) in [6.45, 7) is 2.12. The molecule has 3 heterocycles. The van der Waals surface area contributed by atoms with Crippen LogP contribution in [0.3, 0.4) is 0 Å². The van der Waals surface area contributed by atoms with Gasteiger partial charge in [-0.25, -0.2) is 9.37 Å². The summed E-state index contributed by atoms with van der Waals surface area (Å²) in [5, 5.41) is 2.79. The topological polar surface area (TPSA) is 62.7 Å². The fraction of sp³-hybridized carbons (Fsp3) is 0.176. The van der Waals surface area contributed by atoms with Gasteiger partial charge in [-0.1, -0.05) is 0 Å². The van der Waals surface area contributed by atoms with E-state index >= 15 is 0 Å². The van der Waals surface area contributed by atoms with Gasteiger partial charge in [-0.3, -0.25) is 4.79 Å². The van der Waals surface area contributed by atoms with Crippen LogP contribution in [0.15, 0.2) is 42.9 Å². The monoisotopic (exact) mass is 310 g/mol. The Kier molecular flexibility index (Phi) is 3.04. The zero-order valence-electron chi connectivity index (χ0n) is 12.5. The predicted molar refractivity (Wildman–Crippen MR) is 84.8 cm³/mol. The number of imidazole rings is 1. The molecule has 1 aromatic carbocycles. The Morgan fingerprint density at radius 1 is 1.39 bits per heavy atom. The third kappa shape index (κ3) is 2.23. The first-order valence-electron chi connectivity index (χ1n) is 7.44. The molecule has 1 atom stereocenters. The van der Waals surface area contributed by atoms with E-state index in [9.17, 15) is 9.18 Å². The summed E-state index contributed by atoms with van der Waals surface area (Å²) >= 11 is 0. The van der Waals surface area contributed by atoms with E-state index in [-0.39, 0.29) is 11.7 Å². The number of nitrogens with one attached hydrogen (secondary N) is 2. The van der Waals surface area contributed by atoms with Crippen LogP contribution >= 0.6 is 0 Å². The van der Waals surface area contributed by atoms with Crippen LogP contribution in [0.2, 0.25) is 0 Å². The molecule has 5 nitrogen and oxygen atoms in total. The van der Waals surface area contributed by atoms with E-state index in [0.717, 1.165) is 23.5 Å². The van der Waals surface area contributed by atoms with Gasteiger partial charge in [0.1, 0.15) is 11.6 Å². The summed E-state index contributed by atoms with van der Waals surface area (Å²) in [5.74, 6) is 0.223. The van der Waals surface area contributed by atoms with E-state index in [1.807, 2.05) is 6.20 Å². The Morgan fingerprint density at radius 3 is 2.96 bits per heavy atom. The van der Waals surface area contributed by atoms with E-state index in [1.165, 1.54) is 24.3 Å². The Bertz CT molecular complexity index is 878. The molecule has 6 heteroatoms.